The number of amides is 1. The molecule has 27 heavy (non-hydrogen) atoms. The van der Waals surface area contributed by atoms with Gasteiger partial charge in [-0.05, 0) is 30.3 Å². The van der Waals surface area contributed by atoms with E-state index < -0.39 is 10.0 Å². The molecule has 5 nitrogen and oxygen atoms in total. The Labute approximate surface area is 167 Å². The first-order valence-corrected chi connectivity index (χ1v) is 11.1. The molecule has 0 fully saturated rings. The Kier molecular flexibility index (Phi) is 5.86. The van der Waals surface area contributed by atoms with Gasteiger partial charge in [0.15, 0.2) is 0 Å². The first-order valence-electron chi connectivity index (χ1n) is 8.47. The Morgan fingerprint density at radius 3 is 2.30 bits per heavy atom. The molecule has 0 aliphatic heterocycles. The third kappa shape index (κ3) is 3.87. The number of fused-ring (bicyclic) bond motifs is 1. The van der Waals surface area contributed by atoms with E-state index in [1.165, 1.54) is 27.8 Å². The van der Waals surface area contributed by atoms with Crippen LogP contribution in [-0.2, 0) is 10.0 Å². The van der Waals surface area contributed by atoms with Crippen LogP contribution in [0.2, 0.25) is 5.02 Å². The first kappa shape index (κ1) is 19.8. The second-order valence-electron chi connectivity index (χ2n) is 5.81. The van der Waals surface area contributed by atoms with Crippen LogP contribution in [0.25, 0.3) is 10.1 Å². The number of sulfonamides is 1. The Morgan fingerprint density at radius 1 is 1.07 bits per heavy atom. The number of nitrogens with one attached hydrogen (secondary N) is 1. The number of nitrogens with zero attached hydrogens (tertiary/aromatic N) is 1. The summed E-state index contributed by atoms with van der Waals surface area (Å²) >= 11 is 7.66. The second-order valence-corrected chi connectivity index (χ2v) is 9.18. The number of benzene rings is 2. The molecule has 0 spiro atoms. The molecule has 3 aromatic rings. The van der Waals surface area contributed by atoms with Crippen LogP contribution in [0.4, 0.5) is 5.69 Å². The van der Waals surface area contributed by atoms with Gasteiger partial charge in [0.25, 0.3) is 5.91 Å². The van der Waals surface area contributed by atoms with E-state index in [2.05, 4.69) is 5.32 Å². The van der Waals surface area contributed by atoms with Gasteiger partial charge in [-0.15, -0.1) is 11.3 Å². The van der Waals surface area contributed by atoms with E-state index in [-0.39, 0.29) is 10.8 Å². The normalized spacial score (nSPS) is 11.9. The van der Waals surface area contributed by atoms with Crippen LogP contribution in [0.15, 0.2) is 53.4 Å². The zero-order valence-corrected chi connectivity index (χ0v) is 17.3. The minimum absolute atomic E-state index is 0.198. The van der Waals surface area contributed by atoms with E-state index in [0.29, 0.717) is 28.7 Å². The van der Waals surface area contributed by atoms with Gasteiger partial charge < -0.3 is 5.32 Å². The highest BCUT2D eigenvalue weighted by atomic mass is 35.5. The number of carbonyl (C=O) groups is 1. The topological polar surface area (TPSA) is 66.5 Å². The Morgan fingerprint density at radius 2 is 1.70 bits per heavy atom. The maximum Gasteiger partial charge on any atom is 0.267 e. The maximum atomic E-state index is 12.6. The number of hydrogen-bond acceptors (Lipinski definition) is 4. The summed E-state index contributed by atoms with van der Waals surface area (Å²) in [5.41, 5.74) is 0.506. The zero-order valence-electron chi connectivity index (χ0n) is 14.9. The lowest BCUT2D eigenvalue weighted by molar-refractivity contribution is 0.103. The van der Waals surface area contributed by atoms with Crippen LogP contribution in [0.1, 0.15) is 23.5 Å². The molecule has 0 unspecified atom stereocenters. The number of rotatable bonds is 6. The molecule has 142 valence electrons. The Balaban J connectivity index is 1.82. The largest absolute Gasteiger partial charge is 0.321 e. The summed E-state index contributed by atoms with van der Waals surface area (Å²) in [7, 11) is -3.52. The molecule has 1 N–H and O–H groups in total. The van der Waals surface area contributed by atoms with Gasteiger partial charge >= 0.3 is 0 Å². The van der Waals surface area contributed by atoms with Crippen molar-refractivity contribution in [3.8, 4) is 0 Å². The molecule has 1 heterocycles. The average molecular weight is 423 g/mol. The lowest BCUT2D eigenvalue weighted by Gasteiger charge is -2.18. The van der Waals surface area contributed by atoms with Crippen molar-refractivity contribution in [3.63, 3.8) is 0 Å². The lowest BCUT2D eigenvalue weighted by Crippen LogP contribution is -2.30. The third-order valence-corrected chi connectivity index (χ3v) is 7.93. The molecule has 0 bridgehead atoms. The predicted octanol–water partition coefficient (Wildman–Crippen LogP) is 4.84. The summed E-state index contributed by atoms with van der Waals surface area (Å²) in [4.78, 5) is 13.2. The average Bonchev–Trinajstić information content (AvgIpc) is 3.00. The Hall–Kier alpha value is -1.93. The number of thiophene rings is 1. The van der Waals surface area contributed by atoms with E-state index in [9.17, 15) is 13.2 Å². The van der Waals surface area contributed by atoms with Gasteiger partial charge in [0.05, 0.1) is 9.92 Å². The zero-order chi connectivity index (χ0) is 19.6. The summed E-state index contributed by atoms with van der Waals surface area (Å²) in [6, 6.07) is 13.7. The monoisotopic (exact) mass is 422 g/mol. The molecule has 8 heteroatoms. The SMILES string of the molecule is CCN(CC)S(=O)(=O)c1ccc(NC(=O)c2sc3ccccc3c2Cl)cc1. The van der Waals surface area contributed by atoms with Crippen molar-refractivity contribution in [1.29, 1.82) is 0 Å². The van der Waals surface area contributed by atoms with E-state index in [4.69, 9.17) is 11.6 Å². The predicted molar refractivity (Wildman–Crippen MR) is 111 cm³/mol. The van der Waals surface area contributed by atoms with Gasteiger partial charge in [0, 0.05) is 28.9 Å². The highest BCUT2D eigenvalue weighted by Crippen LogP contribution is 2.35. The minimum Gasteiger partial charge on any atom is -0.321 e. The lowest BCUT2D eigenvalue weighted by atomic mass is 10.2. The molecular weight excluding hydrogens is 404 g/mol. The molecular formula is C19H19ClN2O3S2. The molecule has 0 atom stereocenters. The van der Waals surface area contributed by atoms with Crippen molar-refractivity contribution in [1.82, 2.24) is 4.31 Å². The highest BCUT2D eigenvalue weighted by molar-refractivity contribution is 7.89. The summed E-state index contributed by atoms with van der Waals surface area (Å²) in [6.07, 6.45) is 0. The van der Waals surface area contributed by atoms with E-state index in [1.54, 1.807) is 26.0 Å². The Bertz CT molecular complexity index is 1070. The van der Waals surface area contributed by atoms with Crippen molar-refractivity contribution in [2.24, 2.45) is 0 Å². The number of halogens is 1. The second kappa shape index (κ2) is 7.98. The van der Waals surface area contributed by atoms with Gasteiger partial charge in [-0.1, -0.05) is 43.6 Å². The summed E-state index contributed by atoms with van der Waals surface area (Å²) in [5.74, 6) is -0.319. The van der Waals surface area contributed by atoms with Crippen LogP contribution in [0.5, 0.6) is 0 Å². The van der Waals surface area contributed by atoms with Crippen molar-refractivity contribution in [2.45, 2.75) is 18.7 Å². The quantitative estimate of drug-likeness (QED) is 0.618. The fourth-order valence-electron chi connectivity index (χ4n) is 2.77. The van der Waals surface area contributed by atoms with Crippen molar-refractivity contribution < 1.29 is 13.2 Å². The maximum absolute atomic E-state index is 12.6. The van der Waals surface area contributed by atoms with Crippen LogP contribution >= 0.6 is 22.9 Å². The third-order valence-electron chi connectivity index (χ3n) is 4.20. The number of anilines is 1. The molecule has 3 rings (SSSR count). The van der Waals surface area contributed by atoms with Crippen molar-refractivity contribution in [3.05, 3.63) is 58.4 Å². The van der Waals surface area contributed by atoms with Crippen LogP contribution in [0.3, 0.4) is 0 Å². The van der Waals surface area contributed by atoms with Gasteiger partial charge in [-0.25, -0.2) is 8.42 Å². The van der Waals surface area contributed by atoms with Crippen molar-refractivity contribution >= 4 is 54.6 Å². The molecule has 0 saturated carbocycles. The van der Waals surface area contributed by atoms with Gasteiger partial charge in [-0.2, -0.15) is 4.31 Å². The molecule has 0 saturated heterocycles. The van der Waals surface area contributed by atoms with Crippen LogP contribution in [0, 0.1) is 0 Å². The van der Waals surface area contributed by atoms with Crippen molar-refractivity contribution in [2.75, 3.05) is 18.4 Å². The molecule has 2 aromatic carbocycles. The smallest absolute Gasteiger partial charge is 0.267 e. The summed E-state index contributed by atoms with van der Waals surface area (Å²) < 4.78 is 27.4. The van der Waals surface area contributed by atoms with Gasteiger partial charge in [0.2, 0.25) is 10.0 Å². The standard InChI is InChI=1S/C19H19ClN2O3S2/c1-3-22(4-2)27(24,25)14-11-9-13(10-12-14)21-19(23)18-17(20)15-7-5-6-8-16(15)26-18/h5-12H,3-4H2,1-2H3,(H,21,23). The summed E-state index contributed by atoms with van der Waals surface area (Å²) in [5, 5.41) is 4.04. The molecule has 0 radical (unpaired) electrons. The first-order chi connectivity index (χ1) is 12.9. The van der Waals surface area contributed by atoms with E-state index in [0.717, 1.165) is 10.1 Å². The minimum atomic E-state index is -3.52. The molecule has 0 aliphatic carbocycles. The molecule has 0 aliphatic rings. The number of carbonyl (C=O) groups excluding carboxylic acids is 1. The van der Waals surface area contributed by atoms with Crippen LogP contribution < -0.4 is 5.32 Å². The number of hydrogen-bond donors (Lipinski definition) is 1. The van der Waals surface area contributed by atoms with Gasteiger partial charge in [-0.3, -0.25) is 4.79 Å². The summed E-state index contributed by atoms with van der Waals surface area (Å²) in [6.45, 7) is 4.40. The fourth-order valence-corrected chi connectivity index (χ4v) is 5.64. The van der Waals surface area contributed by atoms with E-state index >= 15 is 0 Å². The molecule has 1 amide bonds. The highest BCUT2D eigenvalue weighted by Gasteiger charge is 2.22. The van der Waals surface area contributed by atoms with Gasteiger partial charge in [0.1, 0.15) is 4.88 Å². The molecule has 1 aromatic heterocycles. The fraction of sp³-hybridized carbons (Fsp3) is 0.211. The van der Waals surface area contributed by atoms with E-state index in [1.807, 2.05) is 24.3 Å². The van der Waals surface area contributed by atoms with Crippen LogP contribution in [-0.4, -0.2) is 31.7 Å².